The van der Waals surface area contributed by atoms with Crippen molar-refractivity contribution in [2.24, 2.45) is 0 Å². The Kier molecular flexibility index (Phi) is 5.76. The zero-order valence-corrected chi connectivity index (χ0v) is 13.2. The van der Waals surface area contributed by atoms with Crippen LogP contribution in [0.2, 0.25) is 0 Å². The molecule has 1 N–H and O–H groups in total. The molecule has 0 spiro atoms. The maximum atomic E-state index is 11.4. The van der Waals surface area contributed by atoms with Crippen molar-refractivity contribution >= 4 is 12.1 Å². The lowest BCUT2D eigenvalue weighted by Crippen LogP contribution is -2.26. The number of amides is 1. The first-order valence-corrected chi connectivity index (χ1v) is 6.94. The molecule has 1 rings (SSSR count). The average molecular weight is 293 g/mol. The summed E-state index contributed by atoms with van der Waals surface area (Å²) >= 11 is 0. The van der Waals surface area contributed by atoms with Crippen molar-refractivity contribution in [1.29, 1.82) is 0 Å². The molecule has 21 heavy (non-hydrogen) atoms. The highest BCUT2D eigenvalue weighted by Crippen LogP contribution is 2.25. The third-order valence-corrected chi connectivity index (χ3v) is 2.83. The van der Waals surface area contributed by atoms with Gasteiger partial charge in [-0.25, -0.2) is 4.79 Å². The van der Waals surface area contributed by atoms with Crippen LogP contribution in [-0.4, -0.2) is 18.2 Å². The summed E-state index contributed by atoms with van der Waals surface area (Å²) in [6.45, 7) is 9.04. The highest BCUT2D eigenvalue weighted by Gasteiger charge is 2.23. The van der Waals surface area contributed by atoms with Crippen molar-refractivity contribution < 1.29 is 19.1 Å². The SMILES string of the molecule is CC(=O)OC(C)(C)c1ccc(CNC(=O)OC(C)C)cc1. The lowest BCUT2D eigenvalue weighted by atomic mass is 9.97. The van der Waals surface area contributed by atoms with Gasteiger partial charge >= 0.3 is 12.1 Å². The van der Waals surface area contributed by atoms with Crippen molar-refractivity contribution in [2.45, 2.75) is 52.9 Å². The molecule has 0 atom stereocenters. The van der Waals surface area contributed by atoms with E-state index < -0.39 is 11.7 Å². The van der Waals surface area contributed by atoms with E-state index in [0.717, 1.165) is 11.1 Å². The summed E-state index contributed by atoms with van der Waals surface area (Å²) in [6.07, 6.45) is -0.578. The third kappa shape index (κ3) is 5.85. The van der Waals surface area contributed by atoms with E-state index in [1.54, 1.807) is 13.8 Å². The van der Waals surface area contributed by atoms with Crippen LogP contribution in [0.4, 0.5) is 4.79 Å². The molecule has 5 heteroatoms. The van der Waals surface area contributed by atoms with Gasteiger partial charge in [-0.3, -0.25) is 4.79 Å². The quantitative estimate of drug-likeness (QED) is 0.847. The standard InChI is InChI=1S/C16H23NO4/c1-11(2)20-15(19)17-10-13-6-8-14(9-7-13)16(4,5)21-12(3)18/h6-9,11H,10H2,1-5H3,(H,17,19). The number of carbonyl (C=O) groups is 2. The molecular weight excluding hydrogens is 270 g/mol. The minimum absolute atomic E-state index is 0.142. The molecule has 1 amide bonds. The van der Waals surface area contributed by atoms with Gasteiger partial charge in [0.15, 0.2) is 0 Å². The molecule has 0 aromatic heterocycles. The molecule has 0 aliphatic carbocycles. The summed E-state index contributed by atoms with van der Waals surface area (Å²) in [5.41, 5.74) is 1.17. The lowest BCUT2D eigenvalue weighted by Gasteiger charge is -2.25. The first-order valence-electron chi connectivity index (χ1n) is 6.94. The molecule has 0 heterocycles. The van der Waals surface area contributed by atoms with E-state index in [9.17, 15) is 9.59 Å². The van der Waals surface area contributed by atoms with Gasteiger partial charge in [0.05, 0.1) is 6.10 Å². The Bertz CT molecular complexity index is 492. The summed E-state index contributed by atoms with van der Waals surface area (Å²) < 4.78 is 10.3. The van der Waals surface area contributed by atoms with Crippen LogP contribution < -0.4 is 5.32 Å². The zero-order valence-electron chi connectivity index (χ0n) is 13.2. The first kappa shape index (κ1) is 17.0. The van der Waals surface area contributed by atoms with E-state index in [1.165, 1.54) is 6.92 Å². The molecule has 1 aromatic rings. The van der Waals surface area contributed by atoms with E-state index >= 15 is 0 Å². The van der Waals surface area contributed by atoms with Crippen LogP contribution in [0.15, 0.2) is 24.3 Å². The number of hydrogen-bond donors (Lipinski definition) is 1. The van der Waals surface area contributed by atoms with Crippen LogP contribution in [0, 0.1) is 0 Å². The summed E-state index contributed by atoms with van der Waals surface area (Å²) in [4.78, 5) is 22.5. The zero-order chi connectivity index (χ0) is 16.0. The minimum Gasteiger partial charge on any atom is -0.455 e. The van der Waals surface area contributed by atoms with Crippen LogP contribution in [0.1, 0.15) is 45.7 Å². The van der Waals surface area contributed by atoms with E-state index in [0.29, 0.717) is 6.54 Å². The number of carbonyl (C=O) groups excluding carboxylic acids is 2. The Morgan fingerprint density at radius 3 is 2.24 bits per heavy atom. The predicted molar refractivity (Wildman–Crippen MR) is 79.7 cm³/mol. The number of hydrogen-bond acceptors (Lipinski definition) is 4. The number of rotatable bonds is 5. The fraction of sp³-hybridized carbons (Fsp3) is 0.500. The molecule has 0 saturated heterocycles. The Morgan fingerprint density at radius 2 is 1.76 bits per heavy atom. The van der Waals surface area contributed by atoms with Crippen molar-refractivity contribution in [3.63, 3.8) is 0 Å². The van der Waals surface area contributed by atoms with Gasteiger partial charge in [-0.1, -0.05) is 24.3 Å². The average Bonchev–Trinajstić information content (AvgIpc) is 2.34. The van der Waals surface area contributed by atoms with Crippen LogP contribution >= 0.6 is 0 Å². The molecule has 0 aliphatic heterocycles. The minimum atomic E-state index is -0.672. The lowest BCUT2D eigenvalue weighted by molar-refractivity contribution is -0.154. The summed E-state index contributed by atoms with van der Waals surface area (Å²) in [6, 6.07) is 7.54. The monoisotopic (exact) mass is 293 g/mol. The number of nitrogens with one attached hydrogen (secondary N) is 1. The van der Waals surface area contributed by atoms with Crippen molar-refractivity contribution in [3.05, 3.63) is 35.4 Å². The number of ether oxygens (including phenoxy) is 2. The highest BCUT2D eigenvalue weighted by atomic mass is 16.6. The van der Waals surface area contributed by atoms with Gasteiger partial charge in [0.1, 0.15) is 5.60 Å². The Morgan fingerprint density at radius 1 is 1.19 bits per heavy atom. The predicted octanol–water partition coefficient (Wildman–Crippen LogP) is 3.12. The van der Waals surface area contributed by atoms with Gasteiger partial charge in [0.25, 0.3) is 0 Å². The van der Waals surface area contributed by atoms with Crippen LogP contribution in [0.25, 0.3) is 0 Å². The maximum absolute atomic E-state index is 11.4. The second kappa shape index (κ2) is 7.11. The van der Waals surface area contributed by atoms with Gasteiger partial charge in [-0.2, -0.15) is 0 Å². The van der Waals surface area contributed by atoms with Gasteiger partial charge in [0, 0.05) is 13.5 Å². The number of esters is 1. The Hall–Kier alpha value is -2.04. The van der Waals surface area contributed by atoms with Crippen molar-refractivity contribution in [1.82, 2.24) is 5.32 Å². The fourth-order valence-electron chi connectivity index (χ4n) is 1.87. The number of alkyl carbamates (subject to hydrolysis) is 1. The molecule has 0 unspecified atom stereocenters. The largest absolute Gasteiger partial charge is 0.455 e. The Balaban J connectivity index is 2.62. The van der Waals surface area contributed by atoms with Gasteiger partial charge in [-0.05, 0) is 38.8 Å². The maximum Gasteiger partial charge on any atom is 0.407 e. The smallest absolute Gasteiger partial charge is 0.407 e. The van der Waals surface area contributed by atoms with Crippen molar-refractivity contribution in [3.8, 4) is 0 Å². The first-order chi connectivity index (χ1) is 9.70. The molecule has 0 fully saturated rings. The molecule has 0 saturated carbocycles. The van der Waals surface area contributed by atoms with E-state index in [1.807, 2.05) is 38.1 Å². The van der Waals surface area contributed by atoms with Crippen LogP contribution in [0.5, 0.6) is 0 Å². The molecular formula is C16H23NO4. The second-order valence-electron chi connectivity index (χ2n) is 5.61. The summed E-state index contributed by atoms with van der Waals surface area (Å²) in [5.74, 6) is -0.317. The van der Waals surface area contributed by atoms with Crippen molar-refractivity contribution in [2.75, 3.05) is 0 Å². The topological polar surface area (TPSA) is 64.6 Å². The normalized spacial score (nSPS) is 11.1. The van der Waals surface area contributed by atoms with Gasteiger partial charge in [0.2, 0.25) is 0 Å². The number of benzene rings is 1. The molecule has 116 valence electrons. The molecule has 5 nitrogen and oxygen atoms in total. The van der Waals surface area contributed by atoms with E-state index in [-0.39, 0.29) is 12.1 Å². The second-order valence-corrected chi connectivity index (χ2v) is 5.61. The van der Waals surface area contributed by atoms with E-state index in [4.69, 9.17) is 9.47 Å². The molecule has 0 bridgehead atoms. The van der Waals surface area contributed by atoms with Gasteiger partial charge < -0.3 is 14.8 Å². The molecule has 0 aliphatic rings. The summed E-state index contributed by atoms with van der Waals surface area (Å²) in [7, 11) is 0. The Labute approximate surface area is 125 Å². The van der Waals surface area contributed by atoms with Crippen LogP contribution in [0.3, 0.4) is 0 Å². The fourth-order valence-corrected chi connectivity index (χ4v) is 1.87. The van der Waals surface area contributed by atoms with E-state index in [2.05, 4.69) is 5.32 Å². The third-order valence-electron chi connectivity index (χ3n) is 2.83. The highest BCUT2D eigenvalue weighted by molar-refractivity contribution is 5.67. The molecule has 0 radical (unpaired) electrons. The molecule has 1 aromatic carbocycles. The van der Waals surface area contributed by atoms with Crippen LogP contribution in [-0.2, 0) is 26.4 Å². The van der Waals surface area contributed by atoms with Gasteiger partial charge in [-0.15, -0.1) is 0 Å². The summed E-state index contributed by atoms with van der Waals surface area (Å²) in [5, 5.41) is 2.67.